The molecule has 0 rings (SSSR count). The van der Waals surface area contributed by atoms with E-state index in [-0.39, 0.29) is 0 Å². The lowest BCUT2D eigenvalue weighted by Gasteiger charge is -2.17. The second-order valence-corrected chi connectivity index (χ2v) is 5.26. The monoisotopic (exact) mass is 211 g/mol. The smallest absolute Gasteiger partial charge is 0.00842 e. The van der Waals surface area contributed by atoms with Crippen LogP contribution in [0, 0.1) is 11.8 Å². The van der Waals surface area contributed by atoms with Crippen LogP contribution in [0.1, 0.15) is 53.4 Å². The molecule has 0 saturated carbocycles. The predicted molar refractivity (Wildman–Crippen MR) is 69.9 cm³/mol. The Hall–Kier alpha value is -0.460. The maximum atomic E-state index is 2.41. The van der Waals surface area contributed by atoms with Crippen LogP contribution in [0.4, 0.5) is 0 Å². The fourth-order valence-electron chi connectivity index (χ4n) is 1.72. The van der Waals surface area contributed by atoms with Gasteiger partial charge in [-0.05, 0) is 24.7 Å². The predicted octanol–water partition coefficient (Wildman–Crippen LogP) is 4.30. The Balaban J connectivity index is 3.90. The topological polar surface area (TPSA) is 3.24 Å². The first-order valence-corrected chi connectivity index (χ1v) is 6.33. The van der Waals surface area contributed by atoms with Crippen LogP contribution in [0.5, 0.6) is 0 Å². The van der Waals surface area contributed by atoms with Gasteiger partial charge in [-0.25, -0.2) is 0 Å². The van der Waals surface area contributed by atoms with Crippen molar-refractivity contribution in [3.05, 3.63) is 11.8 Å². The van der Waals surface area contributed by atoms with Crippen molar-refractivity contribution in [2.45, 2.75) is 53.4 Å². The lowest BCUT2D eigenvalue weighted by molar-refractivity contribution is 0.443. The summed E-state index contributed by atoms with van der Waals surface area (Å²) in [5, 5.41) is 0. The molecule has 1 heteroatoms. The van der Waals surface area contributed by atoms with Crippen molar-refractivity contribution >= 4 is 0 Å². The highest BCUT2D eigenvalue weighted by atomic mass is 15.1. The van der Waals surface area contributed by atoms with Crippen LogP contribution in [0.25, 0.3) is 0 Å². The zero-order chi connectivity index (χ0) is 11.8. The van der Waals surface area contributed by atoms with Crippen molar-refractivity contribution < 1.29 is 0 Å². The van der Waals surface area contributed by atoms with Crippen molar-refractivity contribution in [1.29, 1.82) is 0 Å². The van der Waals surface area contributed by atoms with Gasteiger partial charge in [0.15, 0.2) is 0 Å². The SMILES string of the molecule is CC/C(=C\CC(C)CCC(C)C)N(C)C. The third-order valence-corrected chi connectivity index (χ3v) is 2.93. The molecule has 0 aromatic carbocycles. The lowest BCUT2D eigenvalue weighted by Crippen LogP contribution is -2.10. The molecule has 1 unspecified atom stereocenters. The highest BCUT2D eigenvalue weighted by Gasteiger charge is 2.03. The van der Waals surface area contributed by atoms with Crippen molar-refractivity contribution in [2.24, 2.45) is 11.8 Å². The molecular weight excluding hydrogens is 182 g/mol. The van der Waals surface area contributed by atoms with E-state index in [0.29, 0.717) is 0 Å². The third kappa shape index (κ3) is 7.47. The van der Waals surface area contributed by atoms with Gasteiger partial charge in [0.25, 0.3) is 0 Å². The Morgan fingerprint density at radius 2 is 1.73 bits per heavy atom. The van der Waals surface area contributed by atoms with E-state index < -0.39 is 0 Å². The summed E-state index contributed by atoms with van der Waals surface area (Å²) in [6, 6.07) is 0. The van der Waals surface area contributed by atoms with Gasteiger partial charge >= 0.3 is 0 Å². The van der Waals surface area contributed by atoms with Crippen LogP contribution in [-0.2, 0) is 0 Å². The van der Waals surface area contributed by atoms with E-state index >= 15 is 0 Å². The summed E-state index contributed by atoms with van der Waals surface area (Å²) in [7, 11) is 4.27. The van der Waals surface area contributed by atoms with Crippen molar-refractivity contribution in [3.63, 3.8) is 0 Å². The second kappa shape index (κ2) is 7.78. The summed E-state index contributed by atoms with van der Waals surface area (Å²) in [6.45, 7) is 9.20. The minimum atomic E-state index is 0.828. The molecule has 0 fully saturated rings. The molecule has 0 aliphatic rings. The highest BCUT2D eigenvalue weighted by Crippen LogP contribution is 2.17. The van der Waals surface area contributed by atoms with Crippen LogP contribution in [0.15, 0.2) is 11.8 Å². The normalized spacial score (nSPS) is 14.5. The van der Waals surface area contributed by atoms with Crippen molar-refractivity contribution in [1.82, 2.24) is 4.90 Å². The molecule has 15 heavy (non-hydrogen) atoms. The third-order valence-electron chi connectivity index (χ3n) is 2.93. The minimum absolute atomic E-state index is 0.828. The summed E-state index contributed by atoms with van der Waals surface area (Å²) < 4.78 is 0. The average Bonchev–Trinajstić information content (AvgIpc) is 2.15. The molecule has 0 N–H and O–H groups in total. The average molecular weight is 211 g/mol. The molecular formula is C14H29N. The fraction of sp³-hybridized carbons (Fsp3) is 0.857. The molecule has 0 aliphatic carbocycles. The molecule has 0 aromatic heterocycles. The zero-order valence-electron chi connectivity index (χ0n) is 11.5. The van der Waals surface area contributed by atoms with E-state index in [1.165, 1.54) is 25.0 Å². The molecule has 0 spiro atoms. The Labute approximate surface area is 96.6 Å². The standard InChI is InChI=1S/C14H29N/c1-7-14(15(5)6)11-10-13(4)9-8-12(2)3/h11-13H,7-10H2,1-6H3/b14-11+. The summed E-state index contributed by atoms with van der Waals surface area (Å²) in [6.07, 6.45) is 7.50. The molecule has 90 valence electrons. The van der Waals surface area contributed by atoms with E-state index in [0.717, 1.165) is 18.3 Å². The van der Waals surface area contributed by atoms with Crippen LogP contribution >= 0.6 is 0 Å². The van der Waals surface area contributed by atoms with Gasteiger partial charge in [0.1, 0.15) is 0 Å². The first kappa shape index (κ1) is 14.5. The van der Waals surface area contributed by atoms with Crippen LogP contribution in [0.3, 0.4) is 0 Å². The number of nitrogens with zero attached hydrogens (tertiary/aromatic N) is 1. The Morgan fingerprint density at radius 1 is 1.13 bits per heavy atom. The van der Waals surface area contributed by atoms with Crippen molar-refractivity contribution in [3.8, 4) is 0 Å². The largest absolute Gasteiger partial charge is 0.381 e. The first-order chi connectivity index (χ1) is 6.97. The number of hydrogen-bond donors (Lipinski definition) is 0. The van der Waals surface area contributed by atoms with Crippen LogP contribution in [0.2, 0.25) is 0 Å². The van der Waals surface area contributed by atoms with Gasteiger partial charge in [0.2, 0.25) is 0 Å². The summed E-state index contributed by atoms with van der Waals surface area (Å²) in [5.41, 5.74) is 1.46. The first-order valence-electron chi connectivity index (χ1n) is 6.33. The molecule has 0 bridgehead atoms. The van der Waals surface area contributed by atoms with Gasteiger partial charge in [-0.15, -0.1) is 0 Å². The zero-order valence-corrected chi connectivity index (χ0v) is 11.5. The fourth-order valence-corrected chi connectivity index (χ4v) is 1.72. The molecule has 0 heterocycles. The second-order valence-electron chi connectivity index (χ2n) is 5.26. The lowest BCUT2D eigenvalue weighted by atomic mass is 9.96. The summed E-state index contributed by atoms with van der Waals surface area (Å²) >= 11 is 0. The van der Waals surface area contributed by atoms with Crippen molar-refractivity contribution in [2.75, 3.05) is 14.1 Å². The molecule has 0 amide bonds. The molecule has 0 radical (unpaired) electrons. The van der Waals surface area contributed by atoms with Gasteiger partial charge < -0.3 is 4.90 Å². The quantitative estimate of drug-likeness (QED) is 0.607. The Bertz CT molecular complexity index is 180. The maximum absolute atomic E-state index is 2.41. The molecule has 0 saturated heterocycles. The van der Waals surface area contributed by atoms with Gasteiger partial charge in [-0.2, -0.15) is 0 Å². The van der Waals surface area contributed by atoms with E-state index in [2.05, 4.69) is 52.8 Å². The van der Waals surface area contributed by atoms with Gasteiger partial charge in [0, 0.05) is 19.8 Å². The summed E-state index contributed by atoms with van der Waals surface area (Å²) in [4.78, 5) is 2.23. The van der Waals surface area contributed by atoms with E-state index in [4.69, 9.17) is 0 Å². The van der Waals surface area contributed by atoms with E-state index in [1.54, 1.807) is 0 Å². The number of hydrogen-bond acceptors (Lipinski definition) is 1. The molecule has 1 nitrogen and oxygen atoms in total. The number of rotatable bonds is 7. The van der Waals surface area contributed by atoms with E-state index in [9.17, 15) is 0 Å². The van der Waals surface area contributed by atoms with Gasteiger partial charge in [0.05, 0.1) is 0 Å². The number of allylic oxidation sites excluding steroid dienone is 2. The molecule has 1 atom stereocenters. The van der Waals surface area contributed by atoms with Gasteiger partial charge in [-0.1, -0.05) is 46.6 Å². The molecule has 0 aliphatic heterocycles. The van der Waals surface area contributed by atoms with Crippen LogP contribution < -0.4 is 0 Å². The van der Waals surface area contributed by atoms with Gasteiger partial charge in [-0.3, -0.25) is 0 Å². The highest BCUT2D eigenvalue weighted by molar-refractivity contribution is 4.98. The minimum Gasteiger partial charge on any atom is -0.381 e. The van der Waals surface area contributed by atoms with E-state index in [1.807, 2.05) is 0 Å². The summed E-state index contributed by atoms with van der Waals surface area (Å²) in [5.74, 6) is 1.67. The maximum Gasteiger partial charge on any atom is 0.00842 e. The van der Waals surface area contributed by atoms with Crippen LogP contribution in [-0.4, -0.2) is 19.0 Å². The Kier molecular flexibility index (Phi) is 7.54. The Morgan fingerprint density at radius 3 is 2.13 bits per heavy atom. The molecule has 0 aromatic rings.